The van der Waals surface area contributed by atoms with Crippen LogP contribution >= 0.6 is 0 Å². The minimum Gasteiger partial charge on any atom is -0.481 e. The molecule has 0 unspecified atom stereocenters. The zero-order valence-corrected chi connectivity index (χ0v) is 10.5. The predicted molar refractivity (Wildman–Crippen MR) is 67.6 cm³/mol. The number of pyridine rings is 1. The summed E-state index contributed by atoms with van der Waals surface area (Å²) >= 11 is 0. The van der Waals surface area contributed by atoms with Crippen LogP contribution in [0.3, 0.4) is 0 Å². The van der Waals surface area contributed by atoms with Crippen LogP contribution in [-0.4, -0.2) is 35.9 Å². The van der Waals surface area contributed by atoms with Crippen LogP contribution in [0.2, 0.25) is 0 Å². The summed E-state index contributed by atoms with van der Waals surface area (Å²) in [4.78, 5) is 15.9. The van der Waals surface area contributed by atoms with Crippen molar-refractivity contribution in [3.8, 4) is 5.88 Å². The Bertz CT molecular complexity index is 444. The smallest absolute Gasteiger partial charge is 0.338 e. The van der Waals surface area contributed by atoms with Crippen molar-refractivity contribution in [1.82, 2.24) is 15.3 Å². The minimum atomic E-state index is -0.188. The Balaban J connectivity index is 1.95. The number of nitrogens with one attached hydrogen (secondary N) is 1. The summed E-state index contributed by atoms with van der Waals surface area (Å²) in [6.07, 6.45) is 4.24. The van der Waals surface area contributed by atoms with E-state index in [1.165, 1.54) is 5.01 Å². The molecule has 1 aromatic rings. The predicted octanol–water partition coefficient (Wildman–Crippen LogP) is 1.55. The molecule has 0 fully saturated rings. The number of aromatic nitrogens is 1. The van der Waals surface area contributed by atoms with E-state index < -0.39 is 0 Å². The van der Waals surface area contributed by atoms with Crippen molar-refractivity contribution in [2.45, 2.75) is 19.4 Å². The standard InChI is InChI=1S/C12H16N4O2/c1-9(10-4-5-11(18-2)13-8-10)15-12(17)16-7-3-6-14-16/h4-6,8-9H,3,7H2,1-2H3,(H,15,17)/t9-/m1/s1. The first-order chi connectivity index (χ1) is 8.70. The topological polar surface area (TPSA) is 66.8 Å². The van der Waals surface area contributed by atoms with Crippen molar-refractivity contribution in [2.24, 2.45) is 5.10 Å². The van der Waals surface area contributed by atoms with Gasteiger partial charge >= 0.3 is 6.03 Å². The molecule has 6 heteroatoms. The summed E-state index contributed by atoms with van der Waals surface area (Å²) in [6.45, 7) is 2.54. The van der Waals surface area contributed by atoms with E-state index in [1.54, 1.807) is 25.6 Å². The zero-order valence-electron chi connectivity index (χ0n) is 10.5. The number of carbonyl (C=O) groups is 1. The molecule has 6 nitrogen and oxygen atoms in total. The van der Waals surface area contributed by atoms with Crippen LogP contribution in [0.5, 0.6) is 5.88 Å². The molecule has 1 aliphatic heterocycles. The molecule has 0 bridgehead atoms. The van der Waals surface area contributed by atoms with E-state index in [2.05, 4.69) is 15.4 Å². The molecule has 2 heterocycles. The number of hydrogen-bond donors (Lipinski definition) is 1. The van der Waals surface area contributed by atoms with Crippen LogP contribution in [0.25, 0.3) is 0 Å². The first-order valence-corrected chi connectivity index (χ1v) is 5.81. The van der Waals surface area contributed by atoms with Gasteiger partial charge in [-0.3, -0.25) is 0 Å². The maximum atomic E-state index is 11.8. The second-order valence-corrected chi connectivity index (χ2v) is 4.01. The van der Waals surface area contributed by atoms with E-state index in [4.69, 9.17) is 4.74 Å². The number of nitrogens with zero attached hydrogens (tertiary/aromatic N) is 3. The summed E-state index contributed by atoms with van der Waals surface area (Å²) in [5.41, 5.74) is 0.923. The number of hydrazone groups is 1. The van der Waals surface area contributed by atoms with Crippen LogP contribution in [-0.2, 0) is 0 Å². The number of rotatable bonds is 3. The van der Waals surface area contributed by atoms with Gasteiger partial charge in [-0.2, -0.15) is 5.10 Å². The number of carbonyl (C=O) groups excluding carboxylic acids is 1. The highest BCUT2D eigenvalue weighted by Crippen LogP contribution is 2.15. The lowest BCUT2D eigenvalue weighted by molar-refractivity contribution is 0.202. The Hall–Kier alpha value is -2.11. The molecule has 0 saturated heterocycles. The molecule has 2 amide bonds. The van der Waals surface area contributed by atoms with Crippen molar-refractivity contribution in [2.75, 3.05) is 13.7 Å². The number of methoxy groups -OCH3 is 1. The van der Waals surface area contributed by atoms with Gasteiger partial charge in [0.25, 0.3) is 0 Å². The molecule has 0 radical (unpaired) electrons. The van der Waals surface area contributed by atoms with E-state index in [0.29, 0.717) is 12.4 Å². The Morgan fingerprint density at radius 3 is 2.94 bits per heavy atom. The Morgan fingerprint density at radius 1 is 1.56 bits per heavy atom. The number of hydrogen-bond acceptors (Lipinski definition) is 4. The fourth-order valence-corrected chi connectivity index (χ4v) is 1.66. The van der Waals surface area contributed by atoms with E-state index in [0.717, 1.165) is 12.0 Å². The van der Waals surface area contributed by atoms with Crippen molar-refractivity contribution in [3.63, 3.8) is 0 Å². The molecule has 0 saturated carbocycles. The van der Waals surface area contributed by atoms with Crippen molar-refractivity contribution in [3.05, 3.63) is 23.9 Å². The molecule has 2 rings (SSSR count). The second kappa shape index (κ2) is 5.48. The first kappa shape index (κ1) is 12.3. The SMILES string of the molecule is COc1ccc([C@@H](C)NC(=O)N2CCC=N2)cn1. The van der Waals surface area contributed by atoms with Gasteiger partial charge in [-0.15, -0.1) is 0 Å². The summed E-state index contributed by atoms with van der Waals surface area (Å²) in [7, 11) is 1.57. The number of ether oxygens (including phenoxy) is 1. The van der Waals surface area contributed by atoms with Gasteiger partial charge in [0, 0.05) is 24.9 Å². The molecule has 1 atom stereocenters. The summed E-state index contributed by atoms with van der Waals surface area (Å²) in [6, 6.07) is 3.34. The summed E-state index contributed by atoms with van der Waals surface area (Å²) in [5.74, 6) is 0.557. The molecular formula is C12H16N4O2. The third-order valence-corrected chi connectivity index (χ3v) is 2.73. The Morgan fingerprint density at radius 2 is 2.39 bits per heavy atom. The third kappa shape index (κ3) is 2.77. The fourth-order valence-electron chi connectivity index (χ4n) is 1.66. The summed E-state index contributed by atoms with van der Waals surface area (Å²) < 4.78 is 4.99. The average molecular weight is 248 g/mol. The van der Waals surface area contributed by atoms with Gasteiger partial charge in [0.05, 0.1) is 19.7 Å². The molecular weight excluding hydrogens is 232 g/mol. The quantitative estimate of drug-likeness (QED) is 0.882. The van der Waals surface area contributed by atoms with Crippen LogP contribution in [0.4, 0.5) is 4.79 Å². The van der Waals surface area contributed by atoms with Gasteiger partial charge in [0.1, 0.15) is 0 Å². The van der Waals surface area contributed by atoms with Crippen LogP contribution in [0.15, 0.2) is 23.4 Å². The summed E-state index contributed by atoms with van der Waals surface area (Å²) in [5, 5.41) is 8.26. The highest BCUT2D eigenvalue weighted by atomic mass is 16.5. The third-order valence-electron chi connectivity index (χ3n) is 2.73. The maximum absolute atomic E-state index is 11.8. The van der Waals surface area contributed by atoms with E-state index in [9.17, 15) is 4.79 Å². The second-order valence-electron chi connectivity index (χ2n) is 4.01. The van der Waals surface area contributed by atoms with Crippen molar-refractivity contribution < 1.29 is 9.53 Å². The average Bonchev–Trinajstić information content (AvgIpc) is 2.92. The lowest BCUT2D eigenvalue weighted by atomic mass is 10.1. The maximum Gasteiger partial charge on any atom is 0.338 e. The van der Waals surface area contributed by atoms with E-state index in [1.807, 2.05) is 13.0 Å². The Kier molecular flexibility index (Phi) is 3.76. The molecule has 18 heavy (non-hydrogen) atoms. The van der Waals surface area contributed by atoms with Gasteiger partial charge in [-0.1, -0.05) is 6.07 Å². The zero-order chi connectivity index (χ0) is 13.0. The molecule has 1 aliphatic rings. The monoisotopic (exact) mass is 248 g/mol. The lowest BCUT2D eigenvalue weighted by Crippen LogP contribution is -2.36. The number of amides is 2. The molecule has 0 aliphatic carbocycles. The molecule has 0 aromatic carbocycles. The minimum absolute atomic E-state index is 0.119. The van der Waals surface area contributed by atoms with Crippen LogP contribution < -0.4 is 10.1 Å². The van der Waals surface area contributed by atoms with Crippen molar-refractivity contribution >= 4 is 12.2 Å². The lowest BCUT2D eigenvalue weighted by Gasteiger charge is -2.18. The van der Waals surface area contributed by atoms with Crippen molar-refractivity contribution in [1.29, 1.82) is 0 Å². The highest BCUT2D eigenvalue weighted by Gasteiger charge is 2.17. The molecule has 0 spiro atoms. The molecule has 1 aromatic heterocycles. The van der Waals surface area contributed by atoms with Crippen LogP contribution in [0, 0.1) is 0 Å². The van der Waals surface area contributed by atoms with Crippen LogP contribution in [0.1, 0.15) is 24.9 Å². The van der Waals surface area contributed by atoms with Gasteiger partial charge in [0.15, 0.2) is 0 Å². The molecule has 1 N–H and O–H groups in total. The van der Waals surface area contributed by atoms with Gasteiger partial charge in [-0.25, -0.2) is 14.8 Å². The highest BCUT2D eigenvalue weighted by molar-refractivity contribution is 5.77. The fraction of sp³-hybridized carbons (Fsp3) is 0.417. The van der Waals surface area contributed by atoms with Gasteiger partial charge in [-0.05, 0) is 12.5 Å². The normalized spacial score (nSPS) is 15.6. The largest absolute Gasteiger partial charge is 0.481 e. The van der Waals surface area contributed by atoms with Gasteiger partial charge < -0.3 is 10.1 Å². The number of urea groups is 1. The molecule has 96 valence electrons. The first-order valence-electron chi connectivity index (χ1n) is 5.81. The van der Waals surface area contributed by atoms with E-state index >= 15 is 0 Å². The Labute approximate surface area is 106 Å². The van der Waals surface area contributed by atoms with Gasteiger partial charge in [0.2, 0.25) is 5.88 Å². The van der Waals surface area contributed by atoms with E-state index in [-0.39, 0.29) is 12.1 Å².